The minimum atomic E-state index is -0.0435. The van der Waals surface area contributed by atoms with Gasteiger partial charge in [0.15, 0.2) is 5.78 Å². The van der Waals surface area contributed by atoms with Crippen LogP contribution in [-0.4, -0.2) is 89.4 Å². The number of H-pyrrole nitrogens is 1. The van der Waals surface area contributed by atoms with Crippen LogP contribution in [0.15, 0.2) is 40.7 Å². The van der Waals surface area contributed by atoms with E-state index in [1.54, 1.807) is 6.21 Å². The Bertz CT molecular complexity index is 986. The van der Waals surface area contributed by atoms with Gasteiger partial charge in [0.2, 0.25) is 0 Å². The number of nitrogens with one attached hydrogen (secondary N) is 1. The molecule has 1 aromatic heterocycles. The molecule has 0 saturated carbocycles. The van der Waals surface area contributed by atoms with Crippen LogP contribution >= 0.6 is 0 Å². The SMILES string of the molecule is Cc1cccc2[nH]cc(C3CC(=O)C(C=NCCN4CCN(CCO)CC4)=C(O)C3)c12. The number of allylic oxidation sites excluding steroid dienone is 2. The van der Waals surface area contributed by atoms with Crippen LogP contribution in [0.2, 0.25) is 0 Å². The van der Waals surface area contributed by atoms with E-state index in [4.69, 9.17) is 5.11 Å². The van der Waals surface area contributed by atoms with Crippen molar-refractivity contribution in [2.75, 3.05) is 52.4 Å². The third kappa shape index (κ3) is 4.89. The highest BCUT2D eigenvalue weighted by Crippen LogP contribution is 2.37. The molecule has 7 nitrogen and oxygen atoms in total. The number of ketones is 1. The number of Topliss-reactive ketones (excluding diaryl/α,β-unsaturated/α-hetero) is 1. The maximum absolute atomic E-state index is 12.8. The first kappa shape index (κ1) is 21.7. The predicted molar refractivity (Wildman–Crippen MR) is 123 cm³/mol. The number of carbonyl (C=O) groups is 1. The Kier molecular flexibility index (Phi) is 6.85. The number of aliphatic hydroxyl groups is 2. The lowest BCUT2D eigenvalue weighted by molar-refractivity contribution is -0.116. The minimum Gasteiger partial charge on any atom is -0.511 e. The van der Waals surface area contributed by atoms with Gasteiger partial charge >= 0.3 is 0 Å². The van der Waals surface area contributed by atoms with Crippen molar-refractivity contribution in [1.82, 2.24) is 14.8 Å². The Labute approximate surface area is 183 Å². The first-order valence-corrected chi connectivity index (χ1v) is 11.1. The van der Waals surface area contributed by atoms with Gasteiger partial charge in [0.25, 0.3) is 0 Å². The van der Waals surface area contributed by atoms with E-state index in [9.17, 15) is 9.90 Å². The number of rotatable bonds is 7. The van der Waals surface area contributed by atoms with Gasteiger partial charge in [-0.2, -0.15) is 0 Å². The molecule has 2 heterocycles. The standard InChI is InChI=1S/C24H32N4O3/c1-17-3-2-4-21-24(17)19(16-26-21)18-13-22(30)20(23(31)14-18)15-25-5-6-27-7-9-28(10-8-27)11-12-29/h2-4,15-16,18,26,29-30H,5-14H2,1H3. The smallest absolute Gasteiger partial charge is 0.168 e. The van der Waals surface area contributed by atoms with E-state index in [0.29, 0.717) is 25.0 Å². The van der Waals surface area contributed by atoms with Gasteiger partial charge in [0.1, 0.15) is 5.76 Å². The normalized spacial score (nSPS) is 21.6. The van der Waals surface area contributed by atoms with Gasteiger partial charge in [-0.3, -0.25) is 19.6 Å². The van der Waals surface area contributed by atoms with E-state index in [1.165, 1.54) is 5.56 Å². The molecular weight excluding hydrogens is 392 g/mol. The predicted octanol–water partition coefficient (Wildman–Crippen LogP) is 2.42. The monoisotopic (exact) mass is 424 g/mol. The summed E-state index contributed by atoms with van der Waals surface area (Å²) in [5, 5.41) is 20.8. The van der Waals surface area contributed by atoms with Crippen molar-refractivity contribution in [3.8, 4) is 0 Å². The fraction of sp³-hybridized carbons (Fsp3) is 0.500. The lowest BCUT2D eigenvalue weighted by atomic mass is 9.82. The number of piperazine rings is 1. The van der Waals surface area contributed by atoms with Crippen molar-refractivity contribution >= 4 is 22.9 Å². The number of aromatic nitrogens is 1. The first-order valence-electron chi connectivity index (χ1n) is 11.1. The van der Waals surface area contributed by atoms with Crippen LogP contribution in [0.5, 0.6) is 0 Å². The number of hydrogen-bond acceptors (Lipinski definition) is 6. The summed E-state index contributed by atoms with van der Waals surface area (Å²) in [6.45, 7) is 8.32. The highest BCUT2D eigenvalue weighted by Gasteiger charge is 2.29. The molecule has 31 heavy (non-hydrogen) atoms. The molecular formula is C24H32N4O3. The maximum atomic E-state index is 12.8. The minimum absolute atomic E-state index is 0.0188. The Morgan fingerprint density at radius 3 is 2.61 bits per heavy atom. The van der Waals surface area contributed by atoms with Crippen LogP contribution < -0.4 is 0 Å². The van der Waals surface area contributed by atoms with E-state index < -0.39 is 0 Å². The van der Waals surface area contributed by atoms with Crippen LogP contribution in [0.25, 0.3) is 10.9 Å². The Morgan fingerprint density at radius 1 is 1.16 bits per heavy atom. The van der Waals surface area contributed by atoms with E-state index in [0.717, 1.165) is 55.7 Å². The average molecular weight is 425 g/mol. The van der Waals surface area contributed by atoms with E-state index in [-0.39, 0.29) is 24.1 Å². The third-order valence-corrected chi connectivity index (χ3v) is 6.51. The quantitative estimate of drug-likeness (QED) is 0.594. The van der Waals surface area contributed by atoms with E-state index in [2.05, 4.69) is 32.8 Å². The molecule has 0 bridgehead atoms. The highest BCUT2D eigenvalue weighted by atomic mass is 16.3. The van der Waals surface area contributed by atoms with Gasteiger partial charge in [0.05, 0.1) is 18.7 Å². The molecule has 3 N–H and O–H groups in total. The van der Waals surface area contributed by atoms with Gasteiger partial charge in [-0.05, 0) is 24.1 Å². The second-order valence-corrected chi connectivity index (χ2v) is 8.57. The summed E-state index contributed by atoms with van der Waals surface area (Å²) in [6, 6.07) is 6.13. The number of fused-ring (bicyclic) bond motifs is 1. The van der Waals surface area contributed by atoms with Gasteiger partial charge in [0, 0.05) is 81.3 Å². The molecule has 1 unspecified atom stereocenters. The third-order valence-electron chi connectivity index (χ3n) is 6.51. The molecule has 1 fully saturated rings. The molecule has 0 spiro atoms. The summed E-state index contributed by atoms with van der Waals surface area (Å²) in [7, 11) is 0. The van der Waals surface area contributed by atoms with Crippen LogP contribution in [0, 0.1) is 6.92 Å². The number of hydrogen-bond donors (Lipinski definition) is 3. The molecule has 0 amide bonds. The molecule has 2 aromatic rings. The first-order chi connectivity index (χ1) is 15.1. The number of nitrogens with zero attached hydrogens (tertiary/aromatic N) is 3. The van der Waals surface area contributed by atoms with Crippen LogP contribution in [0.1, 0.15) is 29.9 Å². The zero-order valence-electron chi connectivity index (χ0n) is 18.2. The van der Waals surface area contributed by atoms with E-state index >= 15 is 0 Å². The summed E-state index contributed by atoms with van der Waals surface area (Å²) in [5.74, 6) is 0.0818. The number of benzene rings is 1. The molecule has 166 valence electrons. The summed E-state index contributed by atoms with van der Waals surface area (Å²) >= 11 is 0. The molecule has 1 saturated heterocycles. The van der Waals surface area contributed by atoms with Crippen LogP contribution in [-0.2, 0) is 4.79 Å². The fourth-order valence-electron chi connectivity index (χ4n) is 4.73. The van der Waals surface area contributed by atoms with Crippen molar-refractivity contribution in [2.45, 2.75) is 25.7 Å². The fourth-order valence-corrected chi connectivity index (χ4v) is 4.73. The number of aliphatic imine (C=N–C) groups is 1. The van der Waals surface area contributed by atoms with Crippen molar-refractivity contribution < 1.29 is 15.0 Å². The zero-order valence-corrected chi connectivity index (χ0v) is 18.2. The van der Waals surface area contributed by atoms with Crippen molar-refractivity contribution in [3.05, 3.63) is 46.9 Å². The number of aromatic amines is 1. The number of carbonyl (C=O) groups excluding carboxylic acids is 1. The Morgan fingerprint density at radius 2 is 1.90 bits per heavy atom. The van der Waals surface area contributed by atoms with Gasteiger partial charge in [-0.1, -0.05) is 12.1 Å². The molecule has 7 heteroatoms. The Balaban J connectivity index is 1.35. The second-order valence-electron chi connectivity index (χ2n) is 8.57. The maximum Gasteiger partial charge on any atom is 0.168 e. The van der Waals surface area contributed by atoms with Crippen LogP contribution in [0.3, 0.4) is 0 Å². The lowest BCUT2D eigenvalue weighted by Crippen LogP contribution is -2.47. The van der Waals surface area contributed by atoms with Crippen molar-refractivity contribution in [1.29, 1.82) is 0 Å². The summed E-state index contributed by atoms with van der Waals surface area (Å²) < 4.78 is 0. The van der Waals surface area contributed by atoms with Crippen molar-refractivity contribution in [2.24, 2.45) is 4.99 Å². The number of aryl methyl sites for hydroxylation is 1. The van der Waals surface area contributed by atoms with Gasteiger partial charge < -0.3 is 15.2 Å². The zero-order chi connectivity index (χ0) is 21.8. The summed E-state index contributed by atoms with van der Waals surface area (Å²) in [5.41, 5.74) is 3.70. The average Bonchev–Trinajstić information content (AvgIpc) is 3.19. The molecule has 1 aliphatic carbocycles. The Hall–Kier alpha value is -2.48. The molecule has 2 aliphatic rings. The van der Waals surface area contributed by atoms with Gasteiger partial charge in [-0.25, -0.2) is 0 Å². The molecule has 4 rings (SSSR count). The summed E-state index contributed by atoms with van der Waals surface area (Å²) in [4.78, 5) is 25.1. The summed E-state index contributed by atoms with van der Waals surface area (Å²) in [6.07, 6.45) is 4.39. The van der Waals surface area contributed by atoms with E-state index in [1.807, 2.05) is 18.3 Å². The largest absolute Gasteiger partial charge is 0.511 e. The number of aliphatic hydroxyl groups excluding tert-OH is 2. The molecule has 1 aromatic carbocycles. The number of β-amino-alcohol motifs (C(OH)–C–C–N with tert-alkyl or cyclic N) is 1. The molecule has 1 aliphatic heterocycles. The second kappa shape index (κ2) is 9.77. The highest BCUT2D eigenvalue weighted by molar-refractivity contribution is 6.14. The van der Waals surface area contributed by atoms with Crippen LogP contribution in [0.4, 0.5) is 0 Å². The topological polar surface area (TPSA) is 92.2 Å². The molecule has 1 atom stereocenters. The lowest BCUT2D eigenvalue weighted by Gasteiger charge is -2.33. The van der Waals surface area contributed by atoms with Gasteiger partial charge in [-0.15, -0.1) is 0 Å². The molecule has 0 radical (unpaired) electrons. The van der Waals surface area contributed by atoms with Crippen molar-refractivity contribution in [3.63, 3.8) is 0 Å².